The van der Waals surface area contributed by atoms with E-state index in [9.17, 15) is 17.2 Å². The van der Waals surface area contributed by atoms with Crippen LogP contribution in [0.3, 0.4) is 0 Å². The summed E-state index contributed by atoms with van der Waals surface area (Å²) in [6.45, 7) is 0.990. The minimum Gasteiger partial charge on any atom is -0.319 e. The summed E-state index contributed by atoms with van der Waals surface area (Å²) in [7, 11) is -2.62. The van der Waals surface area contributed by atoms with E-state index in [2.05, 4.69) is 10.3 Å². The maximum atomic E-state index is 14.5. The van der Waals surface area contributed by atoms with Crippen molar-refractivity contribution < 1.29 is 17.2 Å². The minimum atomic E-state index is -2.62. The summed E-state index contributed by atoms with van der Waals surface area (Å²) in [5.41, 5.74) is 1.78. The molecule has 0 aromatic heterocycles. The van der Waals surface area contributed by atoms with Crippen molar-refractivity contribution in [2.75, 3.05) is 11.4 Å². The molecule has 5 nitrogen and oxygen atoms in total. The number of fused-ring (bicyclic) bond motifs is 1. The number of hydrogen-bond acceptors (Lipinski definition) is 5. The first-order chi connectivity index (χ1) is 13.0. The SMILES string of the molecule is O=[SH](=O)Cc1cccc2c1CN(c1c(F)cccc1F)C([C@@H]1CCCN1)=N2. The molecule has 0 unspecified atom stereocenters. The first-order valence-electron chi connectivity index (χ1n) is 8.80. The molecule has 1 saturated heterocycles. The lowest BCUT2D eigenvalue weighted by atomic mass is 10.0. The van der Waals surface area contributed by atoms with Crippen LogP contribution in [0.5, 0.6) is 0 Å². The summed E-state index contributed by atoms with van der Waals surface area (Å²) in [5.74, 6) is -0.903. The molecule has 0 spiro atoms. The van der Waals surface area contributed by atoms with Gasteiger partial charge in [0.15, 0.2) is 0 Å². The van der Waals surface area contributed by atoms with E-state index in [0.29, 0.717) is 22.6 Å². The van der Waals surface area contributed by atoms with Gasteiger partial charge in [-0.2, -0.15) is 0 Å². The number of anilines is 1. The smallest absolute Gasteiger partial charge is 0.149 e. The van der Waals surface area contributed by atoms with Crippen molar-refractivity contribution in [3.63, 3.8) is 0 Å². The molecule has 0 bridgehead atoms. The zero-order valence-corrected chi connectivity index (χ0v) is 15.4. The van der Waals surface area contributed by atoms with Crippen molar-refractivity contribution in [2.45, 2.75) is 31.2 Å². The molecule has 142 valence electrons. The van der Waals surface area contributed by atoms with E-state index in [1.807, 2.05) is 0 Å². The van der Waals surface area contributed by atoms with Crippen LogP contribution >= 0.6 is 0 Å². The van der Waals surface area contributed by atoms with Gasteiger partial charge in [-0.25, -0.2) is 22.2 Å². The lowest BCUT2D eigenvalue weighted by Crippen LogP contribution is -2.45. The summed E-state index contributed by atoms with van der Waals surface area (Å²) < 4.78 is 51.5. The van der Waals surface area contributed by atoms with Crippen LogP contribution in [0, 0.1) is 11.6 Å². The summed E-state index contributed by atoms with van der Waals surface area (Å²) in [6.07, 6.45) is 1.79. The van der Waals surface area contributed by atoms with Crippen molar-refractivity contribution in [3.05, 3.63) is 59.2 Å². The van der Waals surface area contributed by atoms with Gasteiger partial charge in [0, 0.05) is 5.56 Å². The number of para-hydroxylation sites is 1. The molecule has 2 aliphatic heterocycles. The highest BCUT2D eigenvalue weighted by Crippen LogP contribution is 2.36. The number of nitrogens with one attached hydrogen (secondary N) is 1. The fourth-order valence-electron chi connectivity index (χ4n) is 3.73. The normalized spacial score (nSPS) is 19.3. The molecule has 2 aromatic carbocycles. The number of aliphatic imine (C=N–C) groups is 1. The number of rotatable bonds is 4. The van der Waals surface area contributed by atoms with Gasteiger partial charge >= 0.3 is 0 Å². The lowest BCUT2D eigenvalue weighted by Gasteiger charge is -2.34. The Kier molecular flexibility index (Phi) is 4.92. The Bertz CT molecular complexity index is 957. The molecule has 0 aliphatic carbocycles. The molecular formula is C19H19F2N3O2S. The molecule has 2 aromatic rings. The van der Waals surface area contributed by atoms with Gasteiger partial charge in [-0.3, -0.25) is 0 Å². The second-order valence-corrected chi connectivity index (χ2v) is 7.66. The van der Waals surface area contributed by atoms with E-state index < -0.39 is 22.3 Å². The van der Waals surface area contributed by atoms with Gasteiger partial charge in [0.1, 0.15) is 33.9 Å². The Balaban J connectivity index is 1.86. The lowest BCUT2D eigenvalue weighted by molar-refractivity contribution is 0.578. The maximum Gasteiger partial charge on any atom is 0.149 e. The fraction of sp³-hybridized carbons (Fsp3) is 0.316. The second-order valence-electron chi connectivity index (χ2n) is 6.68. The van der Waals surface area contributed by atoms with Crippen LogP contribution < -0.4 is 10.2 Å². The first kappa shape index (κ1) is 18.1. The number of amidine groups is 1. The van der Waals surface area contributed by atoms with Gasteiger partial charge < -0.3 is 10.2 Å². The van der Waals surface area contributed by atoms with Crippen molar-refractivity contribution >= 4 is 27.9 Å². The number of benzene rings is 2. The van der Waals surface area contributed by atoms with E-state index in [0.717, 1.165) is 19.4 Å². The van der Waals surface area contributed by atoms with Crippen LogP contribution in [-0.2, 0) is 23.0 Å². The van der Waals surface area contributed by atoms with Gasteiger partial charge in [-0.1, -0.05) is 18.2 Å². The average Bonchev–Trinajstić information content (AvgIpc) is 3.15. The molecule has 1 atom stereocenters. The molecule has 2 heterocycles. The maximum absolute atomic E-state index is 14.5. The third-order valence-electron chi connectivity index (χ3n) is 4.95. The molecule has 8 heteroatoms. The van der Waals surface area contributed by atoms with Crippen LogP contribution in [0.2, 0.25) is 0 Å². The largest absolute Gasteiger partial charge is 0.319 e. The zero-order chi connectivity index (χ0) is 19.0. The van der Waals surface area contributed by atoms with Crippen molar-refractivity contribution in [3.8, 4) is 0 Å². The standard InChI is InChI=1S/C19H19F2N3O2S/c20-14-5-2-6-15(21)18(14)24-10-13-12(11-27(25)26)4-1-7-16(13)23-19(24)17-8-3-9-22-17/h1-2,4-7,17,22,27H,3,8-11H2/t17-/m0/s1. The molecule has 4 rings (SSSR count). The molecular weight excluding hydrogens is 372 g/mol. The Morgan fingerprint density at radius 1 is 1.15 bits per heavy atom. The van der Waals surface area contributed by atoms with E-state index in [-0.39, 0.29) is 24.0 Å². The number of halogens is 2. The van der Waals surface area contributed by atoms with Gasteiger partial charge in [0.2, 0.25) is 0 Å². The van der Waals surface area contributed by atoms with E-state index in [1.54, 1.807) is 18.2 Å². The zero-order valence-electron chi connectivity index (χ0n) is 14.5. The van der Waals surface area contributed by atoms with Gasteiger partial charge in [0.05, 0.1) is 24.0 Å². The molecule has 2 aliphatic rings. The summed E-state index contributed by atoms with van der Waals surface area (Å²) in [4.78, 5) is 6.22. The van der Waals surface area contributed by atoms with Gasteiger partial charge in [0.25, 0.3) is 0 Å². The number of thiol groups is 1. The molecule has 0 radical (unpaired) electrons. The monoisotopic (exact) mass is 391 g/mol. The third-order valence-corrected chi connectivity index (χ3v) is 5.55. The first-order valence-corrected chi connectivity index (χ1v) is 10.2. The van der Waals surface area contributed by atoms with Crippen LogP contribution in [0.25, 0.3) is 0 Å². The molecule has 0 amide bonds. The predicted octanol–water partition coefficient (Wildman–Crippen LogP) is 2.88. The van der Waals surface area contributed by atoms with Gasteiger partial charge in [-0.05, 0) is 43.1 Å². The highest BCUT2D eigenvalue weighted by atomic mass is 32.2. The predicted molar refractivity (Wildman–Crippen MR) is 101 cm³/mol. The van der Waals surface area contributed by atoms with E-state index >= 15 is 0 Å². The summed E-state index contributed by atoms with van der Waals surface area (Å²) >= 11 is 0. The van der Waals surface area contributed by atoms with E-state index in [4.69, 9.17) is 0 Å². The molecule has 1 fully saturated rings. The van der Waals surface area contributed by atoms with Crippen LogP contribution in [-0.4, -0.2) is 26.8 Å². The topological polar surface area (TPSA) is 61.8 Å². The van der Waals surface area contributed by atoms with Crippen molar-refractivity contribution in [2.24, 2.45) is 4.99 Å². The number of nitrogens with zero attached hydrogens (tertiary/aromatic N) is 2. The molecule has 0 saturated carbocycles. The second kappa shape index (κ2) is 7.36. The summed E-state index contributed by atoms with van der Waals surface area (Å²) in [5, 5.41) is 3.33. The highest BCUT2D eigenvalue weighted by molar-refractivity contribution is 7.71. The Labute approximate surface area is 157 Å². The van der Waals surface area contributed by atoms with Crippen LogP contribution in [0.15, 0.2) is 41.4 Å². The Morgan fingerprint density at radius 3 is 2.56 bits per heavy atom. The van der Waals surface area contributed by atoms with Crippen LogP contribution in [0.1, 0.15) is 24.0 Å². The van der Waals surface area contributed by atoms with Crippen molar-refractivity contribution in [1.82, 2.24) is 5.32 Å². The third kappa shape index (κ3) is 3.46. The minimum absolute atomic E-state index is 0.100. The Morgan fingerprint density at radius 2 is 1.89 bits per heavy atom. The quantitative estimate of drug-likeness (QED) is 0.787. The molecule has 27 heavy (non-hydrogen) atoms. The van der Waals surface area contributed by atoms with Gasteiger partial charge in [-0.15, -0.1) is 0 Å². The molecule has 1 N–H and O–H groups in total. The summed E-state index contributed by atoms with van der Waals surface area (Å²) in [6, 6.07) is 8.94. The van der Waals surface area contributed by atoms with Crippen molar-refractivity contribution in [1.29, 1.82) is 0 Å². The average molecular weight is 391 g/mol. The van der Waals surface area contributed by atoms with Crippen LogP contribution in [0.4, 0.5) is 20.2 Å². The highest BCUT2D eigenvalue weighted by Gasteiger charge is 2.33. The fourth-order valence-corrected chi connectivity index (χ4v) is 4.30. The van der Waals surface area contributed by atoms with E-state index in [1.165, 1.54) is 23.1 Å². The Hall–Kier alpha value is -2.32. The number of hydrogen-bond donors (Lipinski definition) is 2.